The Morgan fingerprint density at radius 1 is 1.36 bits per heavy atom. The number of nitrogens with one attached hydrogen (secondary N) is 1. The van der Waals surface area contributed by atoms with E-state index in [0.29, 0.717) is 0 Å². The molecule has 1 aromatic rings. The first-order valence-corrected chi connectivity index (χ1v) is 5.44. The molecular weight excluding hydrogens is 200 g/mol. The van der Waals surface area contributed by atoms with Gasteiger partial charge in [0, 0.05) is 0 Å². The van der Waals surface area contributed by atoms with Crippen molar-refractivity contribution in [2.75, 3.05) is 0 Å². The lowest BCUT2D eigenvalue weighted by molar-refractivity contribution is 0.588. The second-order valence-corrected chi connectivity index (χ2v) is 4.63. The van der Waals surface area contributed by atoms with Crippen LogP contribution in [0, 0.1) is 6.92 Å². The van der Waals surface area contributed by atoms with Crippen LogP contribution in [0.15, 0.2) is 41.6 Å². The van der Waals surface area contributed by atoms with E-state index in [1.165, 1.54) is 12.1 Å². The summed E-state index contributed by atoms with van der Waals surface area (Å²) in [7, 11) is -3.55. The molecule has 0 fully saturated rings. The number of aryl methyl sites for hydroxylation is 1. The Labute approximate surface area is 83.5 Å². The molecule has 0 aliphatic rings. The van der Waals surface area contributed by atoms with Crippen LogP contribution < -0.4 is 10.5 Å². The highest BCUT2D eigenvalue weighted by atomic mass is 32.2. The molecule has 4 nitrogen and oxygen atoms in total. The Morgan fingerprint density at radius 2 is 1.86 bits per heavy atom. The molecule has 0 atom stereocenters. The number of nitrogens with two attached hydrogens (primary N) is 1. The Balaban J connectivity index is 3.05. The third kappa shape index (κ3) is 2.50. The van der Waals surface area contributed by atoms with Gasteiger partial charge in [0.2, 0.25) is 0 Å². The topological polar surface area (TPSA) is 72.2 Å². The molecule has 0 unspecified atom stereocenters. The zero-order chi connectivity index (χ0) is 10.8. The van der Waals surface area contributed by atoms with Gasteiger partial charge in [-0.3, -0.25) is 4.72 Å². The molecule has 0 saturated heterocycles. The van der Waals surface area contributed by atoms with Gasteiger partial charge in [-0.1, -0.05) is 24.3 Å². The highest BCUT2D eigenvalue weighted by Crippen LogP contribution is 2.09. The lowest BCUT2D eigenvalue weighted by Crippen LogP contribution is -2.26. The molecule has 0 radical (unpaired) electrons. The monoisotopic (exact) mass is 212 g/mol. The third-order valence-electron chi connectivity index (χ3n) is 1.60. The molecular formula is C9H12N2O2S. The summed E-state index contributed by atoms with van der Waals surface area (Å²) < 4.78 is 25.1. The molecule has 0 amide bonds. The maximum absolute atomic E-state index is 11.5. The van der Waals surface area contributed by atoms with Crippen LogP contribution in [-0.2, 0) is 10.0 Å². The van der Waals surface area contributed by atoms with Gasteiger partial charge in [-0.2, -0.15) is 0 Å². The SMILES string of the molecule is C=C(N)NS(=O)(=O)c1ccc(C)cc1. The maximum Gasteiger partial charge on any atom is 0.262 e. The fraction of sp³-hybridized carbons (Fsp3) is 0.111. The standard InChI is InChI=1S/C9H12N2O2S/c1-7-3-5-9(6-4-7)14(12,13)11-8(2)10/h3-6,11H,2,10H2,1H3. The van der Waals surface area contributed by atoms with Gasteiger partial charge in [-0.25, -0.2) is 8.42 Å². The van der Waals surface area contributed by atoms with Gasteiger partial charge in [0.15, 0.2) is 0 Å². The molecule has 5 heteroatoms. The summed E-state index contributed by atoms with van der Waals surface area (Å²) in [4.78, 5) is 0.176. The summed E-state index contributed by atoms with van der Waals surface area (Å²) in [5.74, 6) is -0.0921. The van der Waals surface area contributed by atoms with Gasteiger partial charge in [-0.15, -0.1) is 0 Å². The van der Waals surface area contributed by atoms with Crippen molar-refractivity contribution in [2.45, 2.75) is 11.8 Å². The van der Waals surface area contributed by atoms with Crippen LogP contribution in [0.4, 0.5) is 0 Å². The van der Waals surface area contributed by atoms with E-state index in [4.69, 9.17) is 5.73 Å². The van der Waals surface area contributed by atoms with Crippen molar-refractivity contribution >= 4 is 10.0 Å². The average Bonchev–Trinajstić information content (AvgIpc) is 2.02. The molecule has 14 heavy (non-hydrogen) atoms. The minimum atomic E-state index is -3.55. The van der Waals surface area contributed by atoms with Crippen molar-refractivity contribution in [3.05, 3.63) is 42.2 Å². The lowest BCUT2D eigenvalue weighted by atomic mass is 10.2. The molecule has 1 aromatic carbocycles. The summed E-state index contributed by atoms with van der Waals surface area (Å²) in [6.07, 6.45) is 0. The van der Waals surface area contributed by atoms with Crippen molar-refractivity contribution in [1.82, 2.24) is 4.72 Å². The fourth-order valence-electron chi connectivity index (χ4n) is 0.949. The molecule has 76 valence electrons. The van der Waals surface area contributed by atoms with Crippen LogP contribution in [0.3, 0.4) is 0 Å². The Hall–Kier alpha value is -1.49. The molecule has 0 aromatic heterocycles. The van der Waals surface area contributed by atoms with Crippen molar-refractivity contribution in [2.24, 2.45) is 5.73 Å². The fourth-order valence-corrected chi connectivity index (χ4v) is 1.91. The summed E-state index contributed by atoms with van der Waals surface area (Å²) >= 11 is 0. The van der Waals surface area contributed by atoms with E-state index < -0.39 is 10.0 Å². The second-order valence-electron chi connectivity index (χ2n) is 2.94. The number of rotatable bonds is 3. The van der Waals surface area contributed by atoms with Crippen molar-refractivity contribution in [3.63, 3.8) is 0 Å². The van der Waals surface area contributed by atoms with E-state index in [9.17, 15) is 8.42 Å². The van der Waals surface area contributed by atoms with E-state index in [-0.39, 0.29) is 10.7 Å². The van der Waals surface area contributed by atoms with Crippen LogP contribution in [0.25, 0.3) is 0 Å². The van der Waals surface area contributed by atoms with E-state index in [0.717, 1.165) is 5.56 Å². The summed E-state index contributed by atoms with van der Waals surface area (Å²) in [5, 5.41) is 0. The van der Waals surface area contributed by atoms with Crippen molar-refractivity contribution in [1.29, 1.82) is 0 Å². The van der Waals surface area contributed by atoms with E-state index in [1.54, 1.807) is 12.1 Å². The first-order valence-electron chi connectivity index (χ1n) is 3.96. The van der Waals surface area contributed by atoms with Gasteiger partial charge >= 0.3 is 0 Å². The van der Waals surface area contributed by atoms with Crippen LogP contribution in [-0.4, -0.2) is 8.42 Å². The number of benzene rings is 1. The highest BCUT2D eigenvalue weighted by molar-refractivity contribution is 7.89. The first-order chi connectivity index (χ1) is 6.42. The lowest BCUT2D eigenvalue weighted by Gasteiger charge is -2.06. The van der Waals surface area contributed by atoms with E-state index in [2.05, 4.69) is 11.3 Å². The molecule has 0 bridgehead atoms. The van der Waals surface area contributed by atoms with Crippen LogP contribution >= 0.6 is 0 Å². The van der Waals surface area contributed by atoms with Crippen LogP contribution in [0.2, 0.25) is 0 Å². The van der Waals surface area contributed by atoms with Crippen LogP contribution in [0.1, 0.15) is 5.56 Å². The average molecular weight is 212 g/mol. The van der Waals surface area contributed by atoms with Gasteiger partial charge in [0.25, 0.3) is 10.0 Å². The van der Waals surface area contributed by atoms with E-state index in [1.807, 2.05) is 6.92 Å². The molecule has 0 aliphatic heterocycles. The molecule has 0 spiro atoms. The molecule has 0 saturated carbocycles. The minimum absolute atomic E-state index is 0.0921. The van der Waals surface area contributed by atoms with Gasteiger partial charge < -0.3 is 5.73 Å². The quantitative estimate of drug-likeness (QED) is 0.774. The molecule has 0 heterocycles. The van der Waals surface area contributed by atoms with Crippen LogP contribution in [0.5, 0.6) is 0 Å². The van der Waals surface area contributed by atoms with Crippen molar-refractivity contribution in [3.8, 4) is 0 Å². The number of hydrogen-bond donors (Lipinski definition) is 2. The number of hydrogen-bond acceptors (Lipinski definition) is 3. The molecule has 0 aliphatic carbocycles. The largest absolute Gasteiger partial charge is 0.385 e. The van der Waals surface area contributed by atoms with Crippen molar-refractivity contribution < 1.29 is 8.42 Å². The minimum Gasteiger partial charge on any atom is -0.385 e. The Morgan fingerprint density at radius 3 is 2.29 bits per heavy atom. The van der Waals surface area contributed by atoms with Gasteiger partial charge in [0.1, 0.15) is 5.82 Å². The number of sulfonamides is 1. The summed E-state index contributed by atoms with van der Waals surface area (Å²) in [5.41, 5.74) is 6.16. The first kappa shape index (κ1) is 10.6. The zero-order valence-corrected chi connectivity index (χ0v) is 8.64. The smallest absolute Gasteiger partial charge is 0.262 e. The normalized spacial score (nSPS) is 10.9. The predicted molar refractivity (Wildman–Crippen MR) is 54.8 cm³/mol. The predicted octanol–water partition coefficient (Wildman–Crippen LogP) is 0.703. The summed E-state index contributed by atoms with van der Waals surface area (Å²) in [6, 6.07) is 6.46. The van der Waals surface area contributed by atoms with E-state index >= 15 is 0 Å². The maximum atomic E-state index is 11.5. The third-order valence-corrected chi connectivity index (χ3v) is 3.02. The van der Waals surface area contributed by atoms with Gasteiger partial charge in [-0.05, 0) is 19.1 Å². The highest BCUT2D eigenvalue weighted by Gasteiger charge is 2.12. The van der Waals surface area contributed by atoms with Gasteiger partial charge in [0.05, 0.1) is 4.90 Å². The molecule has 3 N–H and O–H groups in total. The summed E-state index contributed by atoms with van der Waals surface area (Å²) in [6.45, 7) is 5.15. The zero-order valence-electron chi connectivity index (χ0n) is 7.82. The second kappa shape index (κ2) is 3.71. The Kier molecular flexibility index (Phi) is 2.81. The molecule has 1 rings (SSSR count). The Bertz CT molecular complexity index is 434.